The third-order valence-corrected chi connectivity index (χ3v) is 3.26. The Bertz CT molecular complexity index is 354. The van der Waals surface area contributed by atoms with Gasteiger partial charge >= 0.3 is 0 Å². The highest BCUT2D eigenvalue weighted by Gasteiger charge is 2.12. The molecule has 19 heavy (non-hydrogen) atoms. The van der Waals surface area contributed by atoms with Crippen molar-refractivity contribution in [2.75, 3.05) is 32.8 Å². The van der Waals surface area contributed by atoms with Crippen LogP contribution in [-0.4, -0.2) is 42.9 Å². The van der Waals surface area contributed by atoms with E-state index in [1.807, 2.05) is 12.1 Å². The normalized spacial score (nSPS) is 11.9. The molecule has 0 unspecified atom stereocenters. The molecule has 3 nitrogen and oxygen atoms in total. The van der Waals surface area contributed by atoms with Crippen molar-refractivity contribution in [1.82, 2.24) is 4.90 Å². The molecule has 0 fully saturated rings. The molecule has 0 heterocycles. The Morgan fingerprint density at radius 3 is 2.21 bits per heavy atom. The van der Waals surface area contributed by atoms with E-state index in [1.54, 1.807) is 0 Å². The van der Waals surface area contributed by atoms with Crippen molar-refractivity contribution in [1.29, 1.82) is 0 Å². The minimum absolute atomic E-state index is 0.179. The second-order valence-electron chi connectivity index (χ2n) is 5.78. The first-order valence-electron chi connectivity index (χ1n) is 7.04. The van der Waals surface area contributed by atoms with Crippen molar-refractivity contribution in [3.63, 3.8) is 0 Å². The maximum atomic E-state index is 8.91. The van der Waals surface area contributed by atoms with E-state index in [9.17, 15) is 0 Å². The van der Waals surface area contributed by atoms with Gasteiger partial charge in [0.05, 0.1) is 6.61 Å². The van der Waals surface area contributed by atoms with Crippen LogP contribution in [0, 0.1) is 0 Å². The fourth-order valence-electron chi connectivity index (χ4n) is 1.91. The van der Waals surface area contributed by atoms with E-state index in [0.717, 1.165) is 18.8 Å². The zero-order valence-corrected chi connectivity index (χ0v) is 12.6. The van der Waals surface area contributed by atoms with Crippen LogP contribution in [0.2, 0.25) is 0 Å². The predicted octanol–water partition coefficient (Wildman–Crippen LogP) is 2.68. The summed E-state index contributed by atoms with van der Waals surface area (Å²) in [6.45, 7) is 12.1. The van der Waals surface area contributed by atoms with Gasteiger partial charge in [-0.2, -0.15) is 0 Å². The Hall–Kier alpha value is -1.06. The molecular formula is C16H27NO2. The van der Waals surface area contributed by atoms with Crippen molar-refractivity contribution in [3.8, 4) is 5.75 Å². The monoisotopic (exact) mass is 265 g/mol. The number of hydrogen-bond acceptors (Lipinski definition) is 3. The van der Waals surface area contributed by atoms with Gasteiger partial charge in [0.2, 0.25) is 0 Å². The minimum atomic E-state index is 0.179. The number of likely N-dealkylation sites (N-methyl/N-ethyl adjacent to an activating group) is 1. The molecule has 0 radical (unpaired) electrons. The van der Waals surface area contributed by atoms with Gasteiger partial charge in [-0.05, 0) is 29.7 Å². The fraction of sp³-hybridized carbons (Fsp3) is 0.625. The fourth-order valence-corrected chi connectivity index (χ4v) is 1.91. The van der Waals surface area contributed by atoms with Crippen LogP contribution in [0.1, 0.15) is 33.3 Å². The lowest BCUT2D eigenvalue weighted by molar-refractivity contribution is 0.174. The van der Waals surface area contributed by atoms with Crippen LogP contribution in [0.4, 0.5) is 0 Å². The van der Waals surface area contributed by atoms with Gasteiger partial charge in [-0.1, -0.05) is 39.8 Å². The average molecular weight is 265 g/mol. The molecule has 1 rings (SSSR count). The zero-order chi connectivity index (χ0) is 14.3. The molecule has 0 aromatic heterocycles. The molecular weight excluding hydrogens is 238 g/mol. The van der Waals surface area contributed by atoms with Gasteiger partial charge in [0.25, 0.3) is 0 Å². The highest BCUT2D eigenvalue weighted by molar-refractivity contribution is 5.31. The number of ether oxygens (including phenoxy) is 1. The summed E-state index contributed by atoms with van der Waals surface area (Å²) in [6.07, 6.45) is 0. The first kappa shape index (κ1) is 16.0. The van der Waals surface area contributed by atoms with Crippen LogP contribution in [-0.2, 0) is 5.41 Å². The summed E-state index contributed by atoms with van der Waals surface area (Å²) in [5.41, 5.74) is 1.49. The molecule has 3 heteroatoms. The summed E-state index contributed by atoms with van der Waals surface area (Å²) >= 11 is 0. The predicted molar refractivity (Wildman–Crippen MR) is 79.8 cm³/mol. The molecule has 0 amide bonds. The van der Waals surface area contributed by atoms with E-state index in [0.29, 0.717) is 13.2 Å². The van der Waals surface area contributed by atoms with E-state index >= 15 is 0 Å². The SMILES string of the molecule is CCN(CCO)CCOc1ccc(C(C)(C)C)cc1. The van der Waals surface area contributed by atoms with Crippen molar-refractivity contribution in [3.05, 3.63) is 29.8 Å². The molecule has 0 bridgehead atoms. The van der Waals surface area contributed by atoms with E-state index in [1.165, 1.54) is 5.56 Å². The molecule has 0 spiro atoms. The second kappa shape index (κ2) is 7.51. The van der Waals surface area contributed by atoms with Crippen LogP contribution in [0.15, 0.2) is 24.3 Å². The summed E-state index contributed by atoms with van der Waals surface area (Å²) in [5, 5.41) is 8.91. The summed E-state index contributed by atoms with van der Waals surface area (Å²) in [4.78, 5) is 2.17. The van der Waals surface area contributed by atoms with E-state index in [2.05, 4.69) is 44.7 Å². The van der Waals surface area contributed by atoms with Gasteiger partial charge in [0, 0.05) is 13.1 Å². The van der Waals surface area contributed by atoms with Gasteiger partial charge in [-0.15, -0.1) is 0 Å². The zero-order valence-electron chi connectivity index (χ0n) is 12.6. The van der Waals surface area contributed by atoms with Gasteiger partial charge in [0.1, 0.15) is 12.4 Å². The molecule has 1 aromatic rings. The topological polar surface area (TPSA) is 32.7 Å². The second-order valence-corrected chi connectivity index (χ2v) is 5.78. The molecule has 0 aliphatic carbocycles. The van der Waals surface area contributed by atoms with Gasteiger partial charge in [-0.25, -0.2) is 0 Å². The third kappa shape index (κ3) is 5.62. The van der Waals surface area contributed by atoms with Crippen molar-refractivity contribution in [2.24, 2.45) is 0 Å². The lowest BCUT2D eigenvalue weighted by atomic mass is 9.87. The van der Waals surface area contributed by atoms with Crippen molar-refractivity contribution >= 4 is 0 Å². The number of aliphatic hydroxyl groups is 1. The van der Waals surface area contributed by atoms with Gasteiger partial charge in [0.15, 0.2) is 0 Å². The highest BCUT2D eigenvalue weighted by Crippen LogP contribution is 2.24. The smallest absolute Gasteiger partial charge is 0.119 e. The maximum Gasteiger partial charge on any atom is 0.119 e. The summed E-state index contributed by atoms with van der Waals surface area (Å²) in [6, 6.07) is 8.31. The Labute approximate surface area is 117 Å². The first-order chi connectivity index (χ1) is 8.97. The summed E-state index contributed by atoms with van der Waals surface area (Å²) in [7, 11) is 0. The number of nitrogens with zero attached hydrogens (tertiary/aromatic N) is 1. The molecule has 1 aromatic carbocycles. The molecule has 0 saturated carbocycles. The number of aliphatic hydroxyl groups excluding tert-OH is 1. The summed E-state index contributed by atoms with van der Waals surface area (Å²) in [5.74, 6) is 0.910. The molecule has 0 aliphatic heterocycles. The third-order valence-electron chi connectivity index (χ3n) is 3.26. The lowest BCUT2D eigenvalue weighted by Crippen LogP contribution is -2.30. The highest BCUT2D eigenvalue weighted by atomic mass is 16.5. The number of rotatable bonds is 7. The van der Waals surface area contributed by atoms with E-state index in [-0.39, 0.29) is 12.0 Å². The lowest BCUT2D eigenvalue weighted by Gasteiger charge is -2.20. The van der Waals surface area contributed by atoms with Crippen LogP contribution >= 0.6 is 0 Å². The van der Waals surface area contributed by atoms with Crippen molar-refractivity contribution < 1.29 is 9.84 Å². The van der Waals surface area contributed by atoms with Crippen molar-refractivity contribution in [2.45, 2.75) is 33.1 Å². The molecule has 0 saturated heterocycles. The average Bonchev–Trinajstić information content (AvgIpc) is 2.37. The Morgan fingerprint density at radius 1 is 1.11 bits per heavy atom. The minimum Gasteiger partial charge on any atom is -0.492 e. The maximum absolute atomic E-state index is 8.91. The van der Waals surface area contributed by atoms with Gasteiger partial charge in [-0.3, -0.25) is 4.90 Å². The van der Waals surface area contributed by atoms with E-state index in [4.69, 9.17) is 9.84 Å². The number of benzene rings is 1. The van der Waals surface area contributed by atoms with E-state index < -0.39 is 0 Å². The van der Waals surface area contributed by atoms with Crippen LogP contribution in [0.25, 0.3) is 0 Å². The summed E-state index contributed by atoms with van der Waals surface area (Å²) < 4.78 is 5.73. The van der Waals surface area contributed by atoms with Crippen LogP contribution < -0.4 is 4.74 Å². The quantitative estimate of drug-likeness (QED) is 0.822. The Morgan fingerprint density at radius 2 is 1.74 bits per heavy atom. The largest absolute Gasteiger partial charge is 0.492 e. The first-order valence-corrected chi connectivity index (χ1v) is 7.04. The van der Waals surface area contributed by atoms with Crippen LogP contribution in [0.3, 0.4) is 0 Å². The Kier molecular flexibility index (Phi) is 6.32. The Balaban J connectivity index is 2.42. The molecule has 0 atom stereocenters. The number of hydrogen-bond donors (Lipinski definition) is 1. The molecule has 1 N–H and O–H groups in total. The van der Waals surface area contributed by atoms with Gasteiger partial charge < -0.3 is 9.84 Å². The molecule has 108 valence electrons. The standard InChI is InChI=1S/C16H27NO2/c1-5-17(10-12-18)11-13-19-15-8-6-14(7-9-15)16(2,3)4/h6-9,18H,5,10-13H2,1-4H3. The molecule has 0 aliphatic rings. The van der Waals surface area contributed by atoms with Crippen LogP contribution in [0.5, 0.6) is 5.75 Å².